The van der Waals surface area contributed by atoms with Crippen molar-refractivity contribution in [2.75, 3.05) is 36.5 Å². The number of nitrogens with one attached hydrogen (secondary N) is 2. The topological polar surface area (TPSA) is 243 Å². The second kappa shape index (κ2) is 17.3. The molecule has 0 aliphatic heterocycles. The summed E-state index contributed by atoms with van der Waals surface area (Å²) in [5, 5.41) is 6.94. The number of oxime groups is 1. The molecule has 0 saturated carbocycles. The molecule has 2 unspecified atom stereocenters. The Hall–Kier alpha value is -5.87. The summed E-state index contributed by atoms with van der Waals surface area (Å²) < 4.78 is 9.93. The lowest BCUT2D eigenvalue weighted by Crippen LogP contribution is -2.40. The molecule has 0 radical (unpaired) electrons. The van der Waals surface area contributed by atoms with Gasteiger partial charge in [-0.3, -0.25) is 19.3 Å². The van der Waals surface area contributed by atoms with Crippen LogP contribution in [-0.4, -0.2) is 76.9 Å². The summed E-state index contributed by atoms with van der Waals surface area (Å²) in [5.41, 5.74) is 20.0. The molecule has 0 bridgehead atoms. The van der Waals surface area contributed by atoms with Crippen LogP contribution in [0.1, 0.15) is 42.0 Å². The maximum absolute atomic E-state index is 13.6. The van der Waals surface area contributed by atoms with Gasteiger partial charge in [0.1, 0.15) is 17.7 Å². The fourth-order valence-electron chi connectivity index (χ4n) is 4.48. The van der Waals surface area contributed by atoms with Crippen molar-refractivity contribution in [2.45, 2.75) is 32.9 Å². The van der Waals surface area contributed by atoms with Gasteiger partial charge in [-0.05, 0) is 61.5 Å². The zero-order valence-electron chi connectivity index (χ0n) is 27.1. The van der Waals surface area contributed by atoms with Crippen molar-refractivity contribution in [1.82, 2.24) is 15.0 Å². The number of fused-ring (bicyclic) bond motifs is 1. The van der Waals surface area contributed by atoms with E-state index in [0.717, 1.165) is 5.69 Å². The fourth-order valence-corrected chi connectivity index (χ4v) is 4.48. The van der Waals surface area contributed by atoms with Crippen molar-refractivity contribution in [1.29, 1.82) is 0 Å². The van der Waals surface area contributed by atoms with E-state index in [1.54, 1.807) is 80.7 Å². The number of aromatic amines is 1. The number of pyridine rings is 1. The average molecular weight is 674 g/mol. The van der Waals surface area contributed by atoms with Gasteiger partial charge < -0.3 is 41.8 Å². The number of nitrogens with two attached hydrogens (primary N) is 3. The lowest BCUT2D eigenvalue weighted by molar-refractivity contribution is -0.150. The van der Waals surface area contributed by atoms with Gasteiger partial charge in [-0.15, -0.1) is 0 Å². The molecule has 0 aliphatic carbocycles. The van der Waals surface area contributed by atoms with Gasteiger partial charge in [0.2, 0.25) is 0 Å². The molecule has 16 heteroatoms. The summed E-state index contributed by atoms with van der Waals surface area (Å²) in [6, 6.07) is 16.2. The number of carbonyl (C=O) groups is 4. The van der Waals surface area contributed by atoms with Crippen LogP contribution in [0.5, 0.6) is 0 Å². The molecular formula is C33H39N9O7. The monoisotopic (exact) mass is 673 g/mol. The zero-order chi connectivity index (χ0) is 35.3. The number of rotatable bonds is 16. The van der Waals surface area contributed by atoms with Gasteiger partial charge in [-0.2, -0.15) is 0 Å². The van der Waals surface area contributed by atoms with Crippen molar-refractivity contribution < 1.29 is 33.5 Å². The molecule has 8 N–H and O–H groups in total. The molecule has 2 atom stereocenters. The third-order valence-electron chi connectivity index (χ3n) is 7.23. The number of H-pyrrole nitrogens is 1. The number of benzene rings is 2. The van der Waals surface area contributed by atoms with Gasteiger partial charge in [0.15, 0.2) is 5.84 Å². The first kappa shape index (κ1) is 36.0. The van der Waals surface area contributed by atoms with Gasteiger partial charge in [-0.1, -0.05) is 18.1 Å². The summed E-state index contributed by atoms with van der Waals surface area (Å²) in [5.74, 6) is -1.68. The van der Waals surface area contributed by atoms with Crippen LogP contribution in [0, 0.1) is 5.92 Å². The van der Waals surface area contributed by atoms with Gasteiger partial charge in [0.05, 0.1) is 43.8 Å². The predicted molar refractivity (Wildman–Crippen MR) is 181 cm³/mol. The van der Waals surface area contributed by atoms with Crippen LogP contribution < -0.4 is 27.4 Å². The largest absolute Gasteiger partial charge is 0.466 e. The van der Waals surface area contributed by atoms with E-state index < -0.39 is 29.9 Å². The lowest BCUT2D eigenvalue weighted by Gasteiger charge is -2.21. The highest BCUT2D eigenvalue weighted by atomic mass is 16.7. The van der Waals surface area contributed by atoms with Crippen molar-refractivity contribution in [3.8, 4) is 0 Å². The molecule has 1 amide bonds. The third kappa shape index (κ3) is 10.1. The summed E-state index contributed by atoms with van der Waals surface area (Å²) >= 11 is 0. The van der Waals surface area contributed by atoms with E-state index >= 15 is 0 Å². The molecule has 2 heterocycles. The summed E-state index contributed by atoms with van der Waals surface area (Å²) in [6.45, 7) is 3.68. The normalized spacial score (nSPS) is 12.5. The third-order valence-corrected chi connectivity index (χ3v) is 7.23. The van der Waals surface area contributed by atoms with Crippen molar-refractivity contribution >= 4 is 52.2 Å². The van der Waals surface area contributed by atoms with E-state index in [4.69, 9.17) is 31.5 Å². The number of amidine groups is 1. The van der Waals surface area contributed by atoms with Gasteiger partial charge >= 0.3 is 17.9 Å². The van der Waals surface area contributed by atoms with Crippen molar-refractivity contribution in [3.63, 3.8) is 0 Å². The van der Waals surface area contributed by atoms with Crippen LogP contribution in [0.4, 0.5) is 11.5 Å². The number of carbonyl (C=O) groups excluding carboxylic acids is 4. The van der Waals surface area contributed by atoms with Crippen LogP contribution in [0.15, 0.2) is 72.0 Å². The SMILES string of the molecule is CCOC(=O)CCN(C(=O)c1ccc2nc(CNc3ccc(/C(N)=N/OC(=O)C(N)C(C)COC(=O)CN)cc3)[nH]c2c1)c1ccccn1. The molecular weight excluding hydrogens is 634 g/mol. The molecule has 16 nitrogen and oxygen atoms in total. The fraction of sp³-hybridized carbons (Fsp3) is 0.303. The number of amides is 1. The zero-order valence-corrected chi connectivity index (χ0v) is 27.1. The molecule has 4 aromatic rings. The molecule has 0 spiro atoms. The molecule has 0 fully saturated rings. The Morgan fingerprint density at radius 1 is 1.02 bits per heavy atom. The average Bonchev–Trinajstić information content (AvgIpc) is 3.54. The van der Waals surface area contributed by atoms with Gasteiger partial charge in [0.25, 0.3) is 5.91 Å². The first-order valence-corrected chi connectivity index (χ1v) is 15.5. The highest BCUT2D eigenvalue weighted by molar-refractivity contribution is 6.07. The van der Waals surface area contributed by atoms with Crippen molar-refractivity contribution in [2.24, 2.45) is 28.3 Å². The van der Waals surface area contributed by atoms with Crippen LogP contribution in [0.3, 0.4) is 0 Å². The second-order valence-corrected chi connectivity index (χ2v) is 10.8. The molecule has 4 rings (SSSR count). The van der Waals surface area contributed by atoms with Gasteiger partial charge in [0, 0.05) is 35.5 Å². The number of aromatic nitrogens is 3. The quantitative estimate of drug-likeness (QED) is 0.0375. The Kier molecular flexibility index (Phi) is 12.7. The maximum Gasteiger partial charge on any atom is 0.352 e. The number of imidazole rings is 1. The van der Waals surface area contributed by atoms with Crippen LogP contribution in [0.25, 0.3) is 11.0 Å². The minimum atomic E-state index is -1.09. The Bertz CT molecular complexity index is 1780. The molecule has 0 saturated heterocycles. The first-order valence-electron chi connectivity index (χ1n) is 15.5. The van der Waals surface area contributed by atoms with E-state index in [2.05, 4.69) is 25.4 Å². The van der Waals surface area contributed by atoms with E-state index in [1.807, 2.05) is 0 Å². The lowest BCUT2D eigenvalue weighted by atomic mass is 10.0. The van der Waals surface area contributed by atoms with E-state index in [1.165, 1.54) is 4.90 Å². The standard InChI is InChI=1S/C33H39N9O7/c1-3-47-28(43)13-15-42(27-6-4-5-14-37-27)32(45)22-9-12-24-25(16-22)40-26(39-24)18-38-23-10-7-21(8-11-23)31(36)41-49-33(46)30(35)20(2)19-48-29(44)17-34/h4-12,14,16,20,30,38H,3,13,15,17-19,34-35H2,1-2H3,(H2,36,41)(H,39,40). The predicted octanol–water partition coefficient (Wildman–Crippen LogP) is 1.80. The first-order chi connectivity index (χ1) is 23.6. The number of hydrogen-bond donors (Lipinski definition) is 5. The Labute approximate surface area is 282 Å². The molecule has 258 valence electrons. The molecule has 2 aromatic carbocycles. The summed E-state index contributed by atoms with van der Waals surface area (Å²) in [6.07, 6.45) is 1.61. The Morgan fingerprint density at radius 3 is 2.47 bits per heavy atom. The smallest absolute Gasteiger partial charge is 0.352 e. The highest BCUT2D eigenvalue weighted by Crippen LogP contribution is 2.20. The number of ether oxygens (including phenoxy) is 2. The molecule has 0 aliphatic rings. The van der Waals surface area contributed by atoms with E-state index in [-0.39, 0.29) is 44.5 Å². The number of anilines is 2. The van der Waals surface area contributed by atoms with Crippen LogP contribution in [0.2, 0.25) is 0 Å². The van der Waals surface area contributed by atoms with Gasteiger partial charge in [-0.25, -0.2) is 14.8 Å². The summed E-state index contributed by atoms with van der Waals surface area (Å²) in [7, 11) is 0. The van der Waals surface area contributed by atoms with E-state index in [0.29, 0.717) is 40.3 Å². The van der Waals surface area contributed by atoms with Crippen LogP contribution in [-0.2, 0) is 35.2 Å². The van der Waals surface area contributed by atoms with E-state index in [9.17, 15) is 19.2 Å². The molecule has 2 aromatic heterocycles. The van der Waals surface area contributed by atoms with Crippen molar-refractivity contribution in [3.05, 3.63) is 83.8 Å². The minimum absolute atomic E-state index is 0.0252. The minimum Gasteiger partial charge on any atom is -0.466 e. The number of hydrogen-bond acceptors (Lipinski definition) is 13. The number of nitrogens with zero attached hydrogens (tertiary/aromatic N) is 4. The number of esters is 2. The Morgan fingerprint density at radius 2 is 1.78 bits per heavy atom. The highest BCUT2D eigenvalue weighted by Gasteiger charge is 2.24. The second-order valence-electron chi connectivity index (χ2n) is 10.8. The summed E-state index contributed by atoms with van der Waals surface area (Å²) in [4.78, 5) is 67.5. The maximum atomic E-state index is 13.6. The molecule has 49 heavy (non-hydrogen) atoms. The Balaban J connectivity index is 1.35. The van der Waals surface area contributed by atoms with Crippen LogP contribution >= 0.6 is 0 Å².